The van der Waals surface area contributed by atoms with Gasteiger partial charge in [0.25, 0.3) is 0 Å². The number of anilines is 1. The number of tetrazole rings is 1. The summed E-state index contributed by atoms with van der Waals surface area (Å²) in [6.45, 7) is 7.56. The summed E-state index contributed by atoms with van der Waals surface area (Å²) in [5, 5.41) is 15.1. The molecule has 1 aromatic heterocycles. The number of ether oxygens (including phenoxy) is 1. The van der Waals surface area contributed by atoms with Crippen LogP contribution < -0.4 is 10.1 Å². The summed E-state index contributed by atoms with van der Waals surface area (Å²) in [7, 11) is 0. The Morgan fingerprint density at radius 1 is 1.07 bits per heavy atom. The van der Waals surface area contributed by atoms with Crippen molar-refractivity contribution in [1.82, 2.24) is 25.1 Å². The van der Waals surface area contributed by atoms with Crippen molar-refractivity contribution < 1.29 is 9.53 Å². The van der Waals surface area contributed by atoms with E-state index in [0.29, 0.717) is 23.9 Å². The average molecular weight is 394 g/mol. The van der Waals surface area contributed by atoms with Gasteiger partial charge in [0.2, 0.25) is 11.7 Å². The first kappa shape index (κ1) is 20.5. The van der Waals surface area contributed by atoms with Gasteiger partial charge in [-0.05, 0) is 30.4 Å². The third-order valence-corrected chi connectivity index (χ3v) is 4.49. The second kappa shape index (κ2) is 10.3. The molecule has 0 aliphatic heterocycles. The van der Waals surface area contributed by atoms with Crippen molar-refractivity contribution in [1.29, 1.82) is 0 Å². The SMILES string of the molecule is CCN(CC)CCOc1ccccc1NC(=O)Cn1nnc(-c2ccccc2)n1. The summed E-state index contributed by atoms with van der Waals surface area (Å²) in [4.78, 5) is 16.0. The van der Waals surface area contributed by atoms with Crippen LogP contribution in [0.2, 0.25) is 0 Å². The van der Waals surface area contributed by atoms with Crippen LogP contribution in [-0.4, -0.2) is 57.3 Å². The van der Waals surface area contributed by atoms with Gasteiger partial charge in [0.05, 0.1) is 5.69 Å². The molecule has 0 unspecified atom stereocenters. The highest BCUT2D eigenvalue weighted by atomic mass is 16.5. The normalized spacial score (nSPS) is 10.9. The Bertz CT molecular complexity index is 908. The minimum atomic E-state index is -0.248. The number of aromatic nitrogens is 4. The average Bonchev–Trinajstić information content (AvgIpc) is 3.21. The van der Waals surface area contributed by atoms with E-state index in [1.165, 1.54) is 4.80 Å². The highest BCUT2D eigenvalue weighted by Crippen LogP contribution is 2.23. The molecule has 1 N–H and O–H groups in total. The van der Waals surface area contributed by atoms with Crippen LogP contribution in [0.1, 0.15) is 13.8 Å². The lowest BCUT2D eigenvalue weighted by Crippen LogP contribution is -2.28. The van der Waals surface area contributed by atoms with Crippen molar-refractivity contribution in [3.8, 4) is 17.1 Å². The van der Waals surface area contributed by atoms with Crippen LogP contribution in [-0.2, 0) is 11.3 Å². The van der Waals surface area contributed by atoms with Crippen LogP contribution >= 0.6 is 0 Å². The van der Waals surface area contributed by atoms with Crippen molar-refractivity contribution in [3.63, 3.8) is 0 Å². The number of hydrogen-bond donors (Lipinski definition) is 1. The van der Waals surface area contributed by atoms with Gasteiger partial charge in [0.15, 0.2) is 0 Å². The summed E-state index contributed by atoms with van der Waals surface area (Å²) in [5.41, 5.74) is 1.48. The molecule has 0 saturated heterocycles. The van der Waals surface area contributed by atoms with Crippen molar-refractivity contribution in [2.75, 3.05) is 31.6 Å². The van der Waals surface area contributed by atoms with Crippen LogP contribution in [0.5, 0.6) is 5.75 Å². The highest BCUT2D eigenvalue weighted by Gasteiger charge is 2.12. The van der Waals surface area contributed by atoms with Gasteiger partial charge < -0.3 is 15.0 Å². The van der Waals surface area contributed by atoms with E-state index in [4.69, 9.17) is 4.74 Å². The van der Waals surface area contributed by atoms with Crippen LogP contribution in [0.25, 0.3) is 11.4 Å². The summed E-state index contributed by atoms with van der Waals surface area (Å²) >= 11 is 0. The monoisotopic (exact) mass is 394 g/mol. The van der Waals surface area contributed by atoms with E-state index in [2.05, 4.69) is 39.5 Å². The largest absolute Gasteiger partial charge is 0.490 e. The molecule has 0 bridgehead atoms. The van der Waals surface area contributed by atoms with E-state index in [9.17, 15) is 4.79 Å². The smallest absolute Gasteiger partial charge is 0.248 e. The molecule has 0 fully saturated rings. The number of nitrogens with zero attached hydrogens (tertiary/aromatic N) is 5. The quantitative estimate of drug-likeness (QED) is 0.569. The fourth-order valence-electron chi connectivity index (χ4n) is 2.85. The summed E-state index contributed by atoms with van der Waals surface area (Å²) < 4.78 is 5.88. The maximum Gasteiger partial charge on any atom is 0.248 e. The van der Waals surface area contributed by atoms with E-state index < -0.39 is 0 Å². The van der Waals surface area contributed by atoms with Crippen LogP contribution in [0.4, 0.5) is 5.69 Å². The fourth-order valence-corrected chi connectivity index (χ4v) is 2.85. The third-order valence-electron chi connectivity index (χ3n) is 4.49. The fraction of sp³-hybridized carbons (Fsp3) is 0.333. The molecule has 1 amide bonds. The third kappa shape index (κ3) is 5.86. The maximum absolute atomic E-state index is 12.5. The number of amides is 1. The molecule has 0 aliphatic rings. The molecule has 29 heavy (non-hydrogen) atoms. The lowest BCUT2D eigenvalue weighted by atomic mass is 10.2. The Labute approximate surface area is 170 Å². The van der Waals surface area contributed by atoms with Gasteiger partial charge in [-0.2, -0.15) is 4.80 Å². The van der Waals surface area contributed by atoms with E-state index in [1.54, 1.807) is 0 Å². The minimum absolute atomic E-state index is 0.0341. The maximum atomic E-state index is 12.5. The van der Waals surface area contributed by atoms with Gasteiger partial charge in [-0.1, -0.05) is 56.3 Å². The molecule has 3 aromatic rings. The number of benzene rings is 2. The first-order valence-electron chi connectivity index (χ1n) is 9.76. The predicted molar refractivity (Wildman–Crippen MR) is 112 cm³/mol. The van der Waals surface area contributed by atoms with Gasteiger partial charge in [0, 0.05) is 12.1 Å². The summed E-state index contributed by atoms with van der Waals surface area (Å²) in [6.07, 6.45) is 0. The van der Waals surface area contributed by atoms with E-state index in [-0.39, 0.29) is 12.5 Å². The first-order chi connectivity index (χ1) is 14.2. The van der Waals surface area contributed by atoms with Gasteiger partial charge in [-0.25, -0.2) is 0 Å². The van der Waals surface area contributed by atoms with Crippen LogP contribution in [0, 0.1) is 0 Å². The molecular weight excluding hydrogens is 368 g/mol. The Morgan fingerprint density at radius 3 is 2.55 bits per heavy atom. The van der Waals surface area contributed by atoms with E-state index >= 15 is 0 Å². The Balaban J connectivity index is 1.58. The molecule has 152 valence electrons. The van der Waals surface area contributed by atoms with Gasteiger partial charge in [0.1, 0.15) is 18.9 Å². The van der Waals surface area contributed by atoms with Crippen LogP contribution in [0.15, 0.2) is 54.6 Å². The standard InChI is InChI=1S/C21H26N6O2/c1-3-26(4-2)14-15-29-19-13-9-8-12-18(19)22-20(28)16-27-24-21(23-25-27)17-10-6-5-7-11-17/h5-13H,3-4,14-16H2,1-2H3,(H,22,28). The van der Waals surface area contributed by atoms with E-state index in [1.807, 2.05) is 54.6 Å². The van der Waals surface area contributed by atoms with Crippen molar-refractivity contribution in [3.05, 3.63) is 54.6 Å². The number of hydrogen-bond acceptors (Lipinski definition) is 6. The summed E-state index contributed by atoms with van der Waals surface area (Å²) in [6, 6.07) is 16.9. The molecule has 0 atom stereocenters. The lowest BCUT2D eigenvalue weighted by Gasteiger charge is -2.19. The number of carbonyl (C=O) groups is 1. The number of para-hydroxylation sites is 2. The zero-order chi connectivity index (χ0) is 20.5. The summed E-state index contributed by atoms with van der Waals surface area (Å²) in [5.74, 6) is 0.880. The van der Waals surface area contributed by atoms with Crippen LogP contribution in [0.3, 0.4) is 0 Å². The predicted octanol–water partition coefficient (Wildman–Crippen LogP) is 2.70. The lowest BCUT2D eigenvalue weighted by molar-refractivity contribution is -0.117. The molecule has 8 nitrogen and oxygen atoms in total. The zero-order valence-electron chi connectivity index (χ0n) is 16.8. The molecule has 3 rings (SSSR count). The number of carbonyl (C=O) groups excluding carboxylic acids is 1. The molecule has 0 spiro atoms. The second-order valence-electron chi connectivity index (χ2n) is 6.43. The Hall–Kier alpha value is -3.26. The second-order valence-corrected chi connectivity index (χ2v) is 6.43. The Morgan fingerprint density at radius 2 is 1.79 bits per heavy atom. The number of likely N-dealkylation sites (N-methyl/N-ethyl adjacent to an activating group) is 1. The zero-order valence-corrected chi connectivity index (χ0v) is 16.8. The number of nitrogens with one attached hydrogen (secondary N) is 1. The number of rotatable bonds is 10. The molecular formula is C21H26N6O2. The van der Waals surface area contributed by atoms with E-state index in [0.717, 1.165) is 25.2 Å². The van der Waals surface area contributed by atoms with Crippen molar-refractivity contribution >= 4 is 11.6 Å². The topological polar surface area (TPSA) is 85.2 Å². The molecule has 8 heteroatoms. The molecule has 1 heterocycles. The van der Waals surface area contributed by atoms with Crippen molar-refractivity contribution in [2.45, 2.75) is 20.4 Å². The van der Waals surface area contributed by atoms with Gasteiger partial charge in [-0.3, -0.25) is 4.79 Å². The van der Waals surface area contributed by atoms with Gasteiger partial charge in [-0.15, -0.1) is 10.2 Å². The highest BCUT2D eigenvalue weighted by molar-refractivity contribution is 5.92. The molecule has 0 radical (unpaired) electrons. The molecule has 0 saturated carbocycles. The Kier molecular flexibility index (Phi) is 7.29. The minimum Gasteiger partial charge on any atom is -0.490 e. The van der Waals surface area contributed by atoms with Gasteiger partial charge >= 0.3 is 0 Å². The van der Waals surface area contributed by atoms with Crippen molar-refractivity contribution in [2.24, 2.45) is 0 Å². The molecule has 2 aromatic carbocycles. The first-order valence-corrected chi connectivity index (χ1v) is 9.76. The molecule has 0 aliphatic carbocycles.